The van der Waals surface area contributed by atoms with Crippen LogP contribution in [0.25, 0.3) is 0 Å². The zero-order valence-electron chi connectivity index (χ0n) is 8.58. The predicted molar refractivity (Wildman–Crippen MR) is 53.9 cm³/mol. The summed E-state index contributed by atoms with van der Waals surface area (Å²) in [5, 5.41) is 8.64. The number of nitrogens with one attached hydrogen (secondary N) is 2. The Morgan fingerprint density at radius 3 is 2.82 bits per heavy atom. The van der Waals surface area contributed by atoms with Gasteiger partial charge in [-0.25, -0.2) is 13.8 Å². The van der Waals surface area contributed by atoms with Gasteiger partial charge in [-0.2, -0.15) is 5.10 Å². The van der Waals surface area contributed by atoms with E-state index >= 15 is 0 Å². The third-order valence-corrected chi connectivity index (χ3v) is 2.06. The van der Waals surface area contributed by atoms with Crippen molar-refractivity contribution in [3.63, 3.8) is 0 Å². The van der Waals surface area contributed by atoms with E-state index in [9.17, 15) is 13.6 Å². The minimum Gasteiger partial charge on any atom is -0.345 e. The summed E-state index contributed by atoms with van der Waals surface area (Å²) in [5.41, 5.74) is 0.0448. The summed E-state index contributed by atoms with van der Waals surface area (Å²) in [6.07, 6.45) is 1.30. The SMILES string of the molecule is O=C(NCc1ncn[nH]1)c1ccc(F)c(F)c1. The van der Waals surface area contributed by atoms with Crippen molar-refractivity contribution in [2.45, 2.75) is 6.54 Å². The van der Waals surface area contributed by atoms with E-state index in [1.807, 2.05) is 0 Å². The molecule has 7 heteroatoms. The van der Waals surface area contributed by atoms with Gasteiger partial charge in [0.25, 0.3) is 5.91 Å². The Balaban J connectivity index is 2.02. The minimum absolute atomic E-state index is 0.0448. The molecule has 0 radical (unpaired) electrons. The van der Waals surface area contributed by atoms with Crippen LogP contribution in [0.15, 0.2) is 24.5 Å². The smallest absolute Gasteiger partial charge is 0.251 e. The fraction of sp³-hybridized carbons (Fsp3) is 0.100. The summed E-state index contributed by atoms with van der Waals surface area (Å²) in [6.45, 7) is 0.137. The Kier molecular flexibility index (Phi) is 3.08. The molecule has 0 atom stereocenters. The second-order valence-corrected chi connectivity index (χ2v) is 3.24. The molecule has 5 nitrogen and oxygen atoms in total. The highest BCUT2D eigenvalue weighted by Crippen LogP contribution is 2.08. The van der Waals surface area contributed by atoms with Gasteiger partial charge in [0.05, 0.1) is 6.54 Å². The molecule has 0 bridgehead atoms. The van der Waals surface area contributed by atoms with Gasteiger partial charge in [0.15, 0.2) is 11.6 Å². The van der Waals surface area contributed by atoms with Gasteiger partial charge >= 0.3 is 0 Å². The number of halogens is 2. The average molecular weight is 238 g/mol. The van der Waals surface area contributed by atoms with Crippen molar-refractivity contribution >= 4 is 5.91 Å². The highest BCUT2D eigenvalue weighted by molar-refractivity contribution is 5.94. The highest BCUT2D eigenvalue weighted by Gasteiger charge is 2.09. The maximum Gasteiger partial charge on any atom is 0.251 e. The van der Waals surface area contributed by atoms with Crippen LogP contribution in [0.4, 0.5) is 8.78 Å². The lowest BCUT2D eigenvalue weighted by molar-refractivity contribution is 0.0949. The third kappa shape index (κ3) is 2.63. The predicted octanol–water partition coefficient (Wildman–Crippen LogP) is 1.01. The Labute approximate surface area is 94.9 Å². The molecule has 88 valence electrons. The summed E-state index contributed by atoms with van der Waals surface area (Å²) in [7, 11) is 0. The number of aromatic amines is 1. The van der Waals surface area contributed by atoms with Crippen LogP contribution >= 0.6 is 0 Å². The standard InChI is InChI=1S/C10H8F2N4O/c11-7-2-1-6(3-8(7)12)10(17)13-4-9-14-5-15-16-9/h1-3,5H,4H2,(H,13,17)(H,14,15,16). The zero-order chi connectivity index (χ0) is 12.3. The van der Waals surface area contributed by atoms with Gasteiger partial charge in [-0.15, -0.1) is 0 Å². The first-order valence-corrected chi connectivity index (χ1v) is 4.74. The van der Waals surface area contributed by atoms with E-state index in [4.69, 9.17) is 0 Å². The molecule has 17 heavy (non-hydrogen) atoms. The number of H-pyrrole nitrogens is 1. The van der Waals surface area contributed by atoms with Crippen molar-refractivity contribution in [1.82, 2.24) is 20.5 Å². The second-order valence-electron chi connectivity index (χ2n) is 3.24. The van der Waals surface area contributed by atoms with Crippen LogP contribution in [0.2, 0.25) is 0 Å². The molecule has 0 saturated heterocycles. The number of hydrogen-bond acceptors (Lipinski definition) is 3. The Morgan fingerprint density at radius 2 is 2.18 bits per heavy atom. The van der Waals surface area contributed by atoms with Gasteiger partial charge in [-0.05, 0) is 18.2 Å². The molecule has 0 unspecified atom stereocenters. The normalized spacial score (nSPS) is 10.2. The molecule has 0 aliphatic carbocycles. The second kappa shape index (κ2) is 4.69. The lowest BCUT2D eigenvalue weighted by atomic mass is 10.2. The number of carbonyl (C=O) groups excluding carboxylic acids is 1. The van der Waals surface area contributed by atoms with Crippen LogP contribution in [0, 0.1) is 11.6 Å². The van der Waals surface area contributed by atoms with E-state index in [0.717, 1.165) is 12.1 Å². The molecule has 0 fully saturated rings. The van der Waals surface area contributed by atoms with E-state index in [1.165, 1.54) is 12.4 Å². The number of hydrogen-bond donors (Lipinski definition) is 2. The van der Waals surface area contributed by atoms with E-state index in [1.54, 1.807) is 0 Å². The lowest BCUT2D eigenvalue weighted by Crippen LogP contribution is -2.23. The first-order chi connectivity index (χ1) is 8.16. The summed E-state index contributed by atoms with van der Waals surface area (Å²) in [6, 6.07) is 2.94. The molecular weight excluding hydrogens is 230 g/mol. The van der Waals surface area contributed by atoms with Gasteiger partial charge in [0.2, 0.25) is 0 Å². The maximum absolute atomic E-state index is 12.9. The number of aromatic nitrogens is 3. The van der Waals surface area contributed by atoms with Crippen LogP contribution in [0.3, 0.4) is 0 Å². The van der Waals surface area contributed by atoms with Gasteiger partial charge in [-0.3, -0.25) is 9.89 Å². The molecule has 0 aliphatic heterocycles. The number of benzene rings is 1. The highest BCUT2D eigenvalue weighted by atomic mass is 19.2. The van der Waals surface area contributed by atoms with Crippen molar-refractivity contribution in [2.24, 2.45) is 0 Å². The average Bonchev–Trinajstić information content (AvgIpc) is 2.82. The summed E-state index contributed by atoms with van der Waals surface area (Å²) in [4.78, 5) is 15.3. The zero-order valence-corrected chi connectivity index (χ0v) is 8.58. The molecular formula is C10H8F2N4O. The van der Waals surface area contributed by atoms with Gasteiger partial charge in [0, 0.05) is 5.56 Å². The van der Waals surface area contributed by atoms with Crippen LogP contribution < -0.4 is 5.32 Å². The van der Waals surface area contributed by atoms with E-state index in [-0.39, 0.29) is 12.1 Å². The topological polar surface area (TPSA) is 70.7 Å². The third-order valence-electron chi connectivity index (χ3n) is 2.06. The first-order valence-electron chi connectivity index (χ1n) is 4.74. The summed E-state index contributed by atoms with van der Waals surface area (Å²) >= 11 is 0. The van der Waals surface area contributed by atoms with Crippen LogP contribution in [-0.4, -0.2) is 21.1 Å². The largest absolute Gasteiger partial charge is 0.345 e. The monoisotopic (exact) mass is 238 g/mol. The molecule has 0 aliphatic rings. The number of rotatable bonds is 3. The van der Waals surface area contributed by atoms with Crippen molar-refractivity contribution in [3.8, 4) is 0 Å². The van der Waals surface area contributed by atoms with Crippen molar-refractivity contribution < 1.29 is 13.6 Å². The van der Waals surface area contributed by atoms with E-state index in [2.05, 4.69) is 20.5 Å². The molecule has 1 amide bonds. The van der Waals surface area contributed by atoms with Crippen molar-refractivity contribution in [3.05, 3.63) is 47.5 Å². The lowest BCUT2D eigenvalue weighted by Gasteiger charge is -2.03. The Hall–Kier alpha value is -2.31. The fourth-order valence-corrected chi connectivity index (χ4v) is 1.22. The van der Waals surface area contributed by atoms with Crippen LogP contribution in [0.5, 0.6) is 0 Å². The van der Waals surface area contributed by atoms with Gasteiger partial charge in [-0.1, -0.05) is 0 Å². The first kappa shape index (κ1) is 11.2. The van der Waals surface area contributed by atoms with Crippen LogP contribution in [-0.2, 0) is 6.54 Å². The molecule has 2 N–H and O–H groups in total. The summed E-state index contributed by atoms with van der Waals surface area (Å²) < 4.78 is 25.5. The molecule has 2 aromatic rings. The quantitative estimate of drug-likeness (QED) is 0.838. The summed E-state index contributed by atoms with van der Waals surface area (Å²) in [5.74, 6) is -2.09. The molecule has 0 spiro atoms. The molecule has 1 aromatic carbocycles. The Bertz CT molecular complexity index is 527. The molecule has 0 saturated carbocycles. The number of carbonyl (C=O) groups is 1. The Morgan fingerprint density at radius 1 is 1.35 bits per heavy atom. The fourth-order valence-electron chi connectivity index (χ4n) is 1.22. The van der Waals surface area contributed by atoms with Crippen LogP contribution in [0.1, 0.15) is 16.2 Å². The van der Waals surface area contributed by atoms with E-state index in [0.29, 0.717) is 5.82 Å². The molecule has 2 rings (SSSR count). The van der Waals surface area contributed by atoms with Crippen molar-refractivity contribution in [2.75, 3.05) is 0 Å². The molecule has 1 aromatic heterocycles. The number of nitrogens with zero attached hydrogens (tertiary/aromatic N) is 2. The van der Waals surface area contributed by atoms with Gasteiger partial charge < -0.3 is 5.32 Å². The van der Waals surface area contributed by atoms with E-state index < -0.39 is 17.5 Å². The van der Waals surface area contributed by atoms with Crippen molar-refractivity contribution in [1.29, 1.82) is 0 Å². The maximum atomic E-state index is 12.9. The number of amides is 1. The molecule has 1 heterocycles. The van der Waals surface area contributed by atoms with Gasteiger partial charge in [0.1, 0.15) is 12.2 Å². The minimum atomic E-state index is -1.06.